The van der Waals surface area contributed by atoms with Gasteiger partial charge in [-0.1, -0.05) is 19.9 Å². The Morgan fingerprint density at radius 2 is 2.00 bits per heavy atom. The average Bonchev–Trinajstić information content (AvgIpc) is 3.25. The molecule has 6 nitrogen and oxygen atoms in total. The standard InChI is InChI=1S/C29H37NO5/c1-7-34-27(32)29(25(31)11-8-19-12-17(2)35-15-19)16-28(4)18(3)26-20-9-10-22(33-6)21(26)14-24(29)30(5)23(28)13-20/h9-10,12,15,18,23-24H,7-8,11,13-14,16H2,1-6H3/t18-,23?,24?,28+,29?/m1/s1. The summed E-state index contributed by atoms with van der Waals surface area (Å²) in [4.78, 5) is 30.5. The monoisotopic (exact) mass is 479 g/mol. The number of methoxy groups -OCH3 is 1. The van der Waals surface area contributed by atoms with Crippen molar-refractivity contribution in [2.24, 2.45) is 10.8 Å². The Morgan fingerprint density at radius 1 is 1.23 bits per heavy atom. The van der Waals surface area contributed by atoms with Gasteiger partial charge in [0.15, 0.2) is 5.78 Å². The molecule has 6 bridgehead atoms. The Labute approximate surface area is 208 Å². The van der Waals surface area contributed by atoms with Crippen LogP contribution in [0.3, 0.4) is 0 Å². The number of ketones is 1. The zero-order chi connectivity index (χ0) is 25.1. The van der Waals surface area contributed by atoms with E-state index in [4.69, 9.17) is 13.9 Å². The molecule has 0 saturated carbocycles. The summed E-state index contributed by atoms with van der Waals surface area (Å²) >= 11 is 0. The van der Waals surface area contributed by atoms with E-state index in [1.165, 1.54) is 11.1 Å². The summed E-state index contributed by atoms with van der Waals surface area (Å²) in [5, 5.41) is 0. The largest absolute Gasteiger partial charge is 0.496 e. The van der Waals surface area contributed by atoms with Crippen molar-refractivity contribution in [3.63, 3.8) is 0 Å². The molecule has 35 heavy (non-hydrogen) atoms. The van der Waals surface area contributed by atoms with Crippen LogP contribution in [0, 0.1) is 17.8 Å². The van der Waals surface area contributed by atoms with Gasteiger partial charge in [0, 0.05) is 18.5 Å². The van der Waals surface area contributed by atoms with E-state index >= 15 is 0 Å². The molecule has 188 valence electrons. The Morgan fingerprint density at radius 3 is 2.66 bits per heavy atom. The molecule has 7 rings (SSSR count). The van der Waals surface area contributed by atoms with Crippen LogP contribution in [-0.2, 0) is 33.6 Å². The summed E-state index contributed by atoms with van der Waals surface area (Å²) in [7, 11) is 3.80. The number of furan rings is 1. The number of Topliss-reactive ketones (excluding diaryl/α,β-unsaturated/α-hetero) is 1. The summed E-state index contributed by atoms with van der Waals surface area (Å²) in [5.41, 5.74) is 3.37. The van der Waals surface area contributed by atoms with Crippen molar-refractivity contribution in [3.8, 4) is 5.75 Å². The quantitative estimate of drug-likeness (QED) is 0.426. The topological polar surface area (TPSA) is 69.0 Å². The van der Waals surface area contributed by atoms with Crippen LogP contribution in [0.25, 0.3) is 0 Å². The summed E-state index contributed by atoms with van der Waals surface area (Å²) in [6.07, 6.45) is 4.56. The Balaban J connectivity index is 1.65. The second kappa shape index (κ2) is 8.51. The molecule has 0 amide bonds. The van der Waals surface area contributed by atoms with E-state index in [0.717, 1.165) is 29.1 Å². The predicted octanol–water partition coefficient (Wildman–Crippen LogP) is 4.64. The maximum absolute atomic E-state index is 14.3. The molecule has 0 N–H and O–H groups in total. The van der Waals surface area contributed by atoms with Crippen LogP contribution in [0.15, 0.2) is 28.9 Å². The molecule has 0 radical (unpaired) electrons. The van der Waals surface area contributed by atoms with E-state index in [1.54, 1.807) is 13.4 Å². The van der Waals surface area contributed by atoms with Gasteiger partial charge in [-0.3, -0.25) is 14.5 Å². The van der Waals surface area contributed by atoms with Gasteiger partial charge in [0.1, 0.15) is 16.9 Å². The van der Waals surface area contributed by atoms with Crippen molar-refractivity contribution < 1.29 is 23.5 Å². The Hall–Kier alpha value is -2.60. The molecule has 2 aliphatic carbocycles. The maximum Gasteiger partial charge on any atom is 0.321 e. The third kappa shape index (κ3) is 3.40. The summed E-state index contributed by atoms with van der Waals surface area (Å²) in [6, 6.07) is 6.19. The number of fused-ring (bicyclic) bond motifs is 1. The lowest BCUT2D eigenvalue weighted by molar-refractivity contribution is -0.182. The Kier molecular flexibility index (Phi) is 5.86. The number of piperidine rings is 1. The van der Waals surface area contributed by atoms with Gasteiger partial charge in [0.05, 0.1) is 20.0 Å². The lowest BCUT2D eigenvalue weighted by Crippen LogP contribution is -2.71. The number of carbonyl (C=O) groups excluding carboxylic acids is 2. The lowest BCUT2D eigenvalue weighted by Gasteiger charge is -2.63. The van der Waals surface area contributed by atoms with Gasteiger partial charge in [-0.25, -0.2) is 0 Å². The minimum absolute atomic E-state index is 0.0253. The fourth-order valence-corrected chi connectivity index (χ4v) is 7.52. The fourth-order valence-electron chi connectivity index (χ4n) is 7.52. The second-order valence-electron chi connectivity index (χ2n) is 11.0. The zero-order valence-corrected chi connectivity index (χ0v) is 21.8. The second-order valence-corrected chi connectivity index (χ2v) is 11.0. The lowest BCUT2D eigenvalue weighted by atomic mass is 9.48. The highest BCUT2D eigenvalue weighted by Gasteiger charge is 2.66. The smallest absolute Gasteiger partial charge is 0.321 e. The van der Waals surface area contributed by atoms with Crippen molar-refractivity contribution in [2.45, 2.75) is 77.8 Å². The molecular formula is C29H37NO5. The van der Waals surface area contributed by atoms with Gasteiger partial charge in [-0.2, -0.15) is 0 Å². The highest BCUT2D eigenvalue weighted by atomic mass is 16.5. The molecular weight excluding hydrogens is 442 g/mol. The van der Waals surface area contributed by atoms with Gasteiger partial charge in [0.25, 0.3) is 0 Å². The molecule has 5 atom stereocenters. The van der Waals surface area contributed by atoms with E-state index in [9.17, 15) is 9.59 Å². The van der Waals surface area contributed by atoms with Crippen molar-refractivity contribution in [1.29, 1.82) is 0 Å². The van der Waals surface area contributed by atoms with Crippen molar-refractivity contribution in [3.05, 3.63) is 52.5 Å². The first-order valence-corrected chi connectivity index (χ1v) is 12.8. The third-order valence-electron chi connectivity index (χ3n) is 9.39. The zero-order valence-electron chi connectivity index (χ0n) is 21.8. The molecule has 1 aromatic heterocycles. The van der Waals surface area contributed by atoms with Gasteiger partial charge >= 0.3 is 5.97 Å². The van der Waals surface area contributed by atoms with Crippen LogP contribution >= 0.6 is 0 Å². The van der Waals surface area contributed by atoms with Crippen molar-refractivity contribution >= 4 is 11.8 Å². The number of carbonyl (C=O) groups is 2. The number of rotatable bonds is 7. The first-order valence-electron chi connectivity index (χ1n) is 12.8. The van der Waals surface area contributed by atoms with Crippen LogP contribution in [0.4, 0.5) is 0 Å². The van der Waals surface area contributed by atoms with E-state index in [1.807, 2.05) is 19.9 Å². The van der Waals surface area contributed by atoms with Gasteiger partial charge in [-0.15, -0.1) is 0 Å². The molecule has 5 aliphatic rings. The van der Waals surface area contributed by atoms with E-state index in [0.29, 0.717) is 19.3 Å². The number of hydrogen-bond donors (Lipinski definition) is 0. The number of esters is 1. The average molecular weight is 480 g/mol. The summed E-state index contributed by atoms with van der Waals surface area (Å²) in [6.45, 7) is 8.50. The number of nitrogens with zero attached hydrogens (tertiary/aromatic N) is 1. The number of benzene rings is 1. The number of likely N-dealkylation sites (N-methyl/N-ethyl adjacent to an activating group) is 1. The minimum atomic E-state index is -1.22. The molecule has 2 aromatic rings. The number of aryl methyl sites for hydroxylation is 2. The van der Waals surface area contributed by atoms with E-state index in [-0.39, 0.29) is 48.2 Å². The van der Waals surface area contributed by atoms with Gasteiger partial charge in [-0.05, 0) is 92.3 Å². The minimum Gasteiger partial charge on any atom is -0.496 e. The molecule has 3 unspecified atom stereocenters. The molecule has 4 heterocycles. The van der Waals surface area contributed by atoms with Crippen LogP contribution in [0.5, 0.6) is 5.75 Å². The van der Waals surface area contributed by atoms with Gasteiger partial charge < -0.3 is 13.9 Å². The highest BCUT2D eigenvalue weighted by molar-refractivity contribution is 6.05. The first kappa shape index (κ1) is 24.1. The molecule has 0 spiro atoms. The SMILES string of the molecule is CCOC(=O)C1(C(=O)CCc2coc(C)c2)C[C@]2(C)C3Cc4ccc(OC)c(c4[C@H]2C)CC1N3C. The van der Waals surface area contributed by atoms with Crippen molar-refractivity contribution in [1.82, 2.24) is 4.90 Å². The Bertz CT molecular complexity index is 1170. The molecule has 3 aliphatic heterocycles. The van der Waals surface area contributed by atoms with Crippen LogP contribution in [0.2, 0.25) is 0 Å². The fraction of sp³-hybridized carbons (Fsp3) is 0.586. The molecule has 1 aromatic carbocycles. The number of hydrogen-bond acceptors (Lipinski definition) is 6. The van der Waals surface area contributed by atoms with Crippen molar-refractivity contribution in [2.75, 3.05) is 20.8 Å². The summed E-state index contributed by atoms with van der Waals surface area (Å²) < 4.78 is 17.0. The number of ether oxygens (including phenoxy) is 2. The maximum atomic E-state index is 14.3. The highest BCUT2D eigenvalue weighted by Crippen LogP contribution is 2.62. The normalized spacial score (nSPS) is 31.2. The molecule has 1 fully saturated rings. The van der Waals surface area contributed by atoms with Crippen LogP contribution < -0.4 is 4.74 Å². The first-order chi connectivity index (χ1) is 16.7. The third-order valence-corrected chi connectivity index (χ3v) is 9.39. The van der Waals surface area contributed by atoms with E-state index in [2.05, 4.69) is 37.9 Å². The van der Waals surface area contributed by atoms with E-state index < -0.39 is 5.41 Å². The van der Waals surface area contributed by atoms with Gasteiger partial charge in [0.2, 0.25) is 0 Å². The molecule has 1 saturated heterocycles. The van der Waals surface area contributed by atoms with Crippen LogP contribution in [0.1, 0.15) is 67.5 Å². The molecule has 6 heteroatoms. The predicted molar refractivity (Wildman–Crippen MR) is 133 cm³/mol. The summed E-state index contributed by atoms with van der Waals surface area (Å²) in [5.74, 6) is 1.45. The van der Waals surface area contributed by atoms with Crippen LogP contribution in [-0.4, -0.2) is 49.5 Å².